The van der Waals surface area contributed by atoms with Crippen LogP contribution in [0.25, 0.3) is 5.32 Å². The Balaban J connectivity index is 0.000000810. The summed E-state index contributed by atoms with van der Waals surface area (Å²) in [6, 6.07) is 8.08. The van der Waals surface area contributed by atoms with Crippen LogP contribution in [0.2, 0.25) is 0 Å². The SMILES string of the molecule is C[N-]c1ccccc1C.[Li+]. The molecule has 0 amide bonds. The fourth-order valence-electron chi connectivity index (χ4n) is 0.814. The van der Waals surface area contributed by atoms with E-state index >= 15 is 0 Å². The largest absolute Gasteiger partial charge is 1.00 e. The maximum absolute atomic E-state index is 4.07. The third-order valence-electron chi connectivity index (χ3n) is 1.36. The number of hydrogen-bond donors (Lipinski definition) is 0. The summed E-state index contributed by atoms with van der Waals surface area (Å²) in [7, 11) is 1.81. The number of benzene rings is 1. The van der Waals surface area contributed by atoms with Crippen molar-refractivity contribution in [1.29, 1.82) is 0 Å². The molecule has 1 aromatic carbocycles. The Kier molecular flexibility index (Phi) is 4.27. The molecule has 0 radical (unpaired) electrons. The van der Waals surface area contributed by atoms with Gasteiger partial charge in [0, 0.05) is 0 Å². The topological polar surface area (TPSA) is 14.1 Å². The standard InChI is InChI=1S/C8H10N.Li/c1-7-5-3-4-6-8(7)9-2;/h3-6H,1-2H3;/q-1;+1. The quantitative estimate of drug-likeness (QED) is 0.457. The molecule has 1 nitrogen and oxygen atoms in total. The van der Waals surface area contributed by atoms with Crippen molar-refractivity contribution in [2.45, 2.75) is 6.92 Å². The number of aryl methyl sites for hydroxylation is 1. The number of nitrogens with zero attached hydrogens (tertiary/aromatic N) is 1. The first-order valence-electron chi connectivity index (χ1n) is 3.00. The Morgan fingerprint density at radius 1 is 1.20 bits per heavy atom. The number of hydrogen-bond acceptors (Lipinski definition) is 0. The molecule has 0 saturated carbocycles. The maximum Gasteiger partial charge on any atom is 1.00 e. The fourth-order valence-corrected chi connectivity index (χ4v) is 0.814. The van der Waals surface area contributed by atoms with Crippen LogP contribution >= 0.6 is 0 Å². The van der Waals surface area contributed by atoms with Crippen LogP contribution in [0.4, 0.5) is 5.69 Å². The van der Waals surface area contributed by atoms with Crippen LogP contribution in [0.1, 0.15) is 5.56 Å². The van der Waals surface area contributed by atoms with Gasteiger partial charge in [0.1, 0.15) is 0 Å². The van der Waals surface area contributed by atoms with Crippen molar-refractivity contribution in [3.8, 4) is 0 Å². The minimum atomic E-state index is 0. The van der Waals surface area contributed by atoms with Crippen LogP contribution in [0.3, 0.4) is 0 Å². The third kappa shape index (κ3) is 2.10. The summed E-state index contributed by atoms with van der Waals surface area (Å²) < 4.78 is 0. The second kappa shape index (κ2) is 4.44. The van der Waals surface area contributed by atoms with Gasteiger partial charge in [0.15, 0.2) is 0 Å². The molecule has 0 saturated heterocycles. The van der Waals surface area contributed by atoms with E-state index in [4.69, 9.17) is 0 Å². The maximum atomic E-state index is 4.07. The normalized spacial score (nSPS) is 8.20. The van der Waals surface area contributed by atoms with Crippen LogP contribution in [-0.2, 0) is 0 Å². The fraction of sp³-hybridized carbons (Fsp3) is 0.250. The summed E-state index contributed by atoms with van der Waals surface area (Å²) in [5, 5.41) is 4.07. The number of para-hydroxylation sites is 1. The van der Waals surface area contributed by atoms with Gasteiger partial charge in [0.25, 0.3) is 0 Å². The van der Waals surface area contributed by atoms with Gasteiger partial charge in [-0.25, -0.2) is 0 Å². The molecule has 0 aromatic heterocycles. The van der Waals surface area contributed by atoms with E-state index in [1.165, 1.54) is 5.56 Å². The molecule has 0 heterocycles. The second-order valence-electron chi connectivity index (χ2n) is 2.01. The summed E-state index contributed by atoms with van der Waals surface area (Å²) >= 11 is 0. The summed E-state index contributed by atoms with van der Waals surface area (Å²) in [6.45, 7) is 2.06. The van der Waals surface area contributed by atoms with E-state index in [1.54, 1.807) is 0 Å². The molecule has 0 spiro atoms. The molecule has 48 valence electrons. The average molecular weight is 127 g/mol. The predicted octanol–water partition coefficient (Wildman–Crippen LogP) is -0.366. The first-order chi connectivity index (χ1) is 4.34. The van der Waals surface area contributed by atoms with Crippen molar-refractivity contribution in [1.82, 2.24) is 0 Å². The molecule has 0 aliphatic carbocycles. The zero-order chi connectivity index (χ0) is 6.69. The van der Waals surface area contributed by atoms with E-state index in [-0.39, 0.29) is 18.9 Å². The van der Waals surface area contributed by atoms with Gasteiger partial charge in [-0.15, -0.1) is 12.7 Å². The zero-order valence-electron chi connectivity index (χ0n) is 6.76. The van der Waals surface area contributed by atoms with Crippen molar-refractivity contribution in [2.24, 2.45) is 0 Å². The van der Waals surface area contributed by atoms with Crippen molar-refractivity contribution in [2.75, 3.05) is 7.05 Å². The van der Waals surface area contributed by atoms with Gasteiger partial charge in [-0.3, -0.25) is 0 Å². The monoisotopic (exact) mass is 127 g/mol. The predicted molar refractivity (Wildman–Crippen MR) is 40.1 cm³/mol. The summed E-state index contributed by atoms with van der Waals surface area (Å²) in [6.07, 6.45) is 0. The van der Waals surface area contributed by atoms with Gasteiger partial charge in [0.05, 0.1) is 0 Å². The number of rotatable bonds is 1. The zero-order valence-corrected chi connectivity index (χ0v) is 6.76. The third-order valence-corrected chi connectivity index (χ3v) is 1.36. The van der Waals surface area contributed by atoms with Gasteiger partial charge >= 0.3 is 18.9 Å². The Morgan fingerprint density at radius 2 is 1.80 bits per heavy atom. The molecule has 2 heteroatoms. The molecule has 0 aliphatic rings. The van der Waals surface area contributed by atoms with Gasteiger partial charge in [-0.1, -0.05) is 29.8 Å². The molecule has 0 atom stereocenters. The van der Waals surface area contributed by atoms with Crippen LogP contribution < -0.4 is 18.9 Å². The summed E-state index contributed by atoms with van der Waals surface area (Å²) in [5.74, 6) is 0. The van der Waals surface area contributed by atoms with Crippen LogP contribution in [-0.4, -0.2) is 7.05 Å². The smallest absolute Gasteiger partial charge is 0.687 e. The van der Waals surface area contributed by atoms with Crippen molar-refractivity contribution < 1.29 is 18.9 Å². The Morgan fingerprint density at radius 3 is 2.20 bits per heavy atom. The Labute approximate surface area is 74.0 Å². The molecule has 0 fully saturated rings. The molecule has 0 N–H and O–H groups in total. The van der Waals surface area contributed by atoms with Gasteiger partial charge < -0.3 is 5.32 Å². The van der Waals surface area contributed by atoms with Crippen LogP contribution in [0.15, 0.2) is 24.3 Å². The average Bonchev–Trinajstić information content (AvgIpc) is 1.89. The van der Waals surface area contributed by atoms with E-state index in [0.717, 1.165) is 5.69 Å². The Bertz CT molecular complexity index is 198. The van der Waals surface area contributed by atoms with Crippen LogP contribution in [0, 0.1) is 6.92 Å². The summed E-state index contributed by atoms with van der Waals surface area (Å²) in [4.78, 5) is 0. The molecule has 1 aromatic rings. The molecule has 10 heavy (non-hydrogen) atoms. The molecular formula is C8H10LiN. The van der Waals surface area contributed by atoms with Crippen LogP contribution in [0.5, 0.6) is 0 Å². The van der Waals surface area contributed by atoms with Gasteiger partial charge in [-0.05, 0) is 6.92 Å². The second-order valence-corrected chi connectivity index (χ2v) is 2.01. The Hall–Kier alpha value is -0.383. The van der Waals surface area contributed by atoms with E-state index in [9.17, 15) is 0 Å². The summed E-state index contributed by atoms with van der Waals surface area (Å²) in [5.41, 5.74) is 2.32. The minimum Gasteiger partial charge on any atom is -0.687 e. The van der Waals surface area contributed by atoms with Crippen molar-refractivity contribution in [3.05, 3.63) is 35.1 Å². The van der Waals surface area contributed by atoms with E-state index < -0.39 is 0 Å². The first-order valence-corrected chi connectivity index (χ1v) is 3.00. The molecule has 1 rings (SSSR count). The minimum absolute atomic E-state index is 0. The molecule has 0 unspecified atom stereocenters. The molecular weight excluding hydrogens is 117 g/mol. The first kappa shape index (κ1) is 9.62. The van der Waals surface area contributed by atoms with Crippen molar-refractivity contribution >= 4 is 5.69 Å². The molecule has 0 bridgehead atoms. The van der Waals surface area contributed by atoms with Gasteiger partial charge in [0.2, 0.25) is 0 Å². The van der Waals surface area contributed by atoms with Gasteiger partial charge in [-0.2, -0.15) is 0 Å². The van der Waals surface area contributed by atoms with Crippen molar-refractivity contribution in [3.63, 3.8) is 0 Å². The van der Waals surface area contributed by atoms with E-state index in [0.29, 0.717) is 0 Å². The van der Waals surface area contributed by atoms with E-state index in [1.807, 2.05) is 25.2 Å². The molecule has 0 aliphatic heterocycles. The van der Waals surface area contributed by atoms with E-state index in [2.05, 4.69) is 18.3 Å².